The SMILES string of the molecule is CCc1cnn2c(C(=O)O)cc(C3CC3)nc12. The van der Waals surface area contributed by atoms with Crippen LogP contribution in [0.3, 0.4) is 0 Å². The monoisotopic (exact) mass is 231 g/mol. The van der Waals surface area contributed by atoms with Gasteiger partial charge in [-0.05, 0) is 25.3 Å². The van der Waals surface area contributed by atoms with Gasteiger partial charge >= 0.3 is 5.97 Å². The number of aryl methyl sites for hydroxylation is 1. The second kappa shape index (κ2) is 3.55. The predicted octanol–water partition coefficient (Wildman–Crippen LogP) is 1.87. The van der Waals surface area contributed by atoms with Crippen molar-refractivity contribution >= 4 is 11.6 Å². The first-order chi connectivity index (χ1) is 8.20. The largest absolute Gasteiger partial charge is 0.477 e. The smallest absolute Gasteiger partial charge is 0.354 e. The lowest BCUT2D eigenvalue weighted by Gasteiger charge is -2.04. The molecule has 0 spiro atoms. The molecule has 2 aromatic heterocycles. The van der Waals surface area contributed by atoms with Crippen LogP contribution in [0.5, 0.6) is 0 Å². The van der Waals surface area contributed by atoms with Crippen molar-refractivity contribution in [2.45, 2.75) is 32.1 Å². The standard InChI is InChI=1S/C12H13N3O2/c1-2-7-6-13-15-10(12(16)17)5-9(8-3-4-8)14-11(7)15/h5-6,8H,2-4H2,1H3,(H,16,17). The molecular weight excluding hydrogens is 218 g/mol. The average Bonchev–Trinajstić information content (AvgIpc) is 3.08. The van der Waals surface area contributed by atoms with Crippen LogP contribution >= 0.6 is 0 Å². The van der Waals surface area contributed by atoms with Crippen molar-refractivity contribution < 1.29 is 9.90 Å². The molecule has 0 amide bonds. The molecule has 1 N–H and O–H groups in total. The average molecular weight is 231 g/mol. The molecule has 2 heterocycles. The van der Waals surface area contributed by atoms with Crippen molar-refractivity contribution in [3.05, 3.63) is 29.2 Å². The van der Waals surface area contributed by atoms with Gasteiger partial charge in [0.25, 0.3) is 0 Å². The molecule has 17 heavy (non-hydrogen) atoms. The van der Waals surface area contributed by atoms with E-state index in [4.69, 9.17) is 0 Å². The van der Waals surface area contributed by atoms with Gasteiger partial charge in [-0.1, -0.05) is 6.92 Å². The number of hydrogen-bond acceptors (Lipinski definition) is 3. The van der Waals surface area contributed by atoms with E-state index in [0.29, 0.717) is 11.6 Å². The second-order valence-electron chi connectivity index (χ2n) is 4.40. The lowest BCUT2D eigenvalue weighted by atomic mass is 10.2. The molecule has 88 valence electrons. The summed E-state index contributed by atoms with van der Waals surface area (Å²) in [6, 6.07) is 1.65. The molecule has 0 bridgehead atoms. The Morgan fingerprint density at radius 1 is 1.59 bits per heavy atom. The van der Waals surface area contributed by atoms with Gasteiger partial charge in [0.2, 0.25) is 0 Å². The van der Waals surface area contributed by atoms with Crippen molar-refractivity contribution in [3.8, 4) is 0 Å². The number of carboxylic acid groups (broad SMARTS) is 1. The highest BCUT2D eigenvalue weighted by molar-refractivity contribution is 5.86. The maximum Gasteiger partial charge on any atom is 0.354 e. The predicted molar refractivity (Wildman–Crippen MR) is 61.3 cm³/mol. The topological polar surface area (TPSA) is 67.5 Å². The van der Waals surface area contributed by atoms with E-state index in [2.05, 4.69) is 10.1 Å². The second-order valence-corrected chi connectivity index (χ2v) is 4.40. The fraction of sp³-hybridized carbons (Fsp3) is 0.417. The number of carbonyl (C=O) groups is 1. The number of carboxylic acids is 1. The van der Waals surface area contributed by atoms with Crippen molar-refractivity contribution in [3.63, 3.8) is 0 Å². The summed E-state index contributed by atoms with van der Waals surface area (Å²) in [5.74, 6) is -0.511. The summed E-state index contributed by atoms with van der Waals surface area (Å²) < 4.78 is 1.42. The number of fused-ring (bicyclic) bond motifs is 1. The third-order valence-electron chi connectivity index (χ3n) is 3.16. The van der Waals surface area contributed by atoms with Crippen molar-refractivity contribution in [2.75, 3.05) is 0 Å². The highest BCUT2D eigenvalue weighted by Gasteiger charge is 2.27. The number of aromatic nitrogens is 3. The summed E-state index contributed by atoms with van der Waals surface area (Å²) in [6.07, 6.45) is 4.73. The number of nitrogens with zero attached hydrogens (tertiary/aromatic N) is 3. The van der Waals surface area contributed by atoms with Gasteiger partial charge in [-0.15, -0.1) is 0 Å². The van der Waals surface area contributed by atoms with E-state index in [-0.39, 0.29) is 5.69 Å². The van der Waals surface area contributed by atoms with Gasteiger partial charge in [0.05, 0.1) is 6.20 Å². The Hall–Kier alpha value is -1.91. The number of hydrogen-bond donors (Lipinski definition) is 1. The number of rotatable bonds is 3. The van der Waals surface area contributed by atoms with E-state index >= 15 is 0 Å². The summed E-state index contributed by atoms with van der Waals surface area (Å²) in [7, 11) is 0. The molecule has 1 aliphatic carbocycles. The summed E-state index contributed by atoms with van der Waals surface area (Å²) in [5.41, 5.74) is 2.78. The van der Waals surface area contributed by atoms with Crippen molar-refractivity contribution in [1.29, 1.82) is 0 Å². The van der Waals surface area contributed by atoms with Crippen LogP contribution in [0.4, 0.5) is 0 Å². The van der Waals surface area contributed by atoms with Crippen LogP contribution in [0.15, 0.2) is 12.3 Å². The molecule has 0 atom stereocenters. The van der Waals surface area contributed by atoms with Gasteiger partial charge < -0.3 is 5.11 Å². The quantitative estimate of drug-likeness (QED) is 0.875. The first-order valence-electron chi connectivity index (χ1n) is 5.81. The van der Waals surface area contributed by atoms with Crippen LogP contribution in [-0.2, 0) is 6.42 Å². The molecule has 5 nitrogen and oxygen atoms in total. The highest BCUT2D eigenvalue weighted by Crippen LogP contribution is 2.39. The van der Waals surface area contributed by atoms with E-state index < -0.39 is 5.97 Å². The Bertz CT molecular complexity index is 599. The third-order valence-corrected chi connectivity index (χ3v) is 3.16. The molecule has 0 aliphatic heterocycles. The molecule has 1 saturated carbocycles. The molecule has 0 radical (unpaired) electrons. The van der Waals surface area contributed by atoms with Crippen LogP contribution < -0.4 is 0 Å². The van der Waals surface area contributed by atoms with Crippen LogP contribution in [0.2, 0.25) is 0 Å². The molecule has 2 aromatic rings. The van der Waals surface area contributed by atoms with Crippen molar-refractivity contribution in [2.24, 2.45) is 0 Å². The Labute approximate surface area is 98.1 Å². The zero-order valence-electron chi connectivity index (χ0n) is 9.55. The first-order valence-corrected chi connectivity index (χ1v) is 5.81. The third kappa shape index (κ3) is 1.58. The Morgan fingerprint density at radius 3 is 2.94 bits per heavy atom. The minimum atomic E-state index is -0.954. The molecular formula is C12H13N3O2. The maximum atomic E-state index is 11.2. The number of aromatic carboxylic acids is 1. The molecule has 0 saturated heterocycles. The lowest BCUT2D eigenvalue weighted by molar-refractivity contribution is 0.0687. The van der Waals surface area contributed by atoms with Gasteiger partial charge in [-0.2, -0.15) is 5.10 Å². The zero-order chi connectivity index (χ0) is 12.0. The normalized spacial score (nSPS) is 15.4. The van der Waals surface area contributed by atoms with Crippen LogP contribution in [0.1, 0.15) is 47.4 Å². The van der Waals surface area contributed by atoms with Gasteiger partial charge in [-0.25, -0.2) is 14.3 Å². The lowest BCUT2D eigenvalue weighted by Crippen LogP contribution is -2.09. The van der Waals surface area contributed by atoms with E-state index in [1.807, 2.05) is 6.92 Å². The Balaban J connectivity index is 2.29. The zero-order valence-corrected chi connectivity index (χ0v) is 9.55. The van der Waals surface area contributed by atoms with E-state index in [1.165, 1.54) is 4.52 Å². The van der Waals surface area contributed by atoms with E-state index in [9.17, 15) is 9.90 Å². The van der Waals surface area contributed by atoms with Gasteiger partial charge in [0.15, 0.2) is 11.3 Å². The Kier molecular flexibility index (Phi) is 2.14. The van der Waals surface area contributed by atoms with Crippen LogP contribution in [-0.4, -0.2) is 25.7 Å². The van der Waals surface area contributed by atoms with E-state index in [0.717, 1.165) is 30.5 Å². The van der Waals surface area contributed by atoms with Gasteiger partial charge in [0, 0.05) is 17.2 Å². The fourth-order valence-electron chi connectivity index (χ4n) is 2.02. The summed E-state index contributed by atoms with van der Waals surface area (Å²) in [4.78, 5) is 15.8. The molecule has 1 fully saturated rings. The van der Waals surface area contributed by atoms with Gasteiger partial charge in [-0.3, -0.25) is 0 Å². The summed E-state index contributed by atoms with van der Waals surface area (Å²) >= 11 is 0. The first kappa shape index (κ1) is 10.3. The molecule has 3 rings (SSSR count). The molecule has 5 heteroatoms. The summed E-state index contributed by atoms with van der Waals surface area (Å²) in [5, 5.41) is 13.3. The minimum absolute atomic E-state index is 0.205. The maximum absolute atomic E-state index is 11.2. The van der Waals surface area contributed by atoms with Crippen LogP contribution in [0, 0.1) is 0 Å². The molecule has 0 aromatic carbocycles. The molecule has 1 aliphatic rings. The highest BCUT2D eigenvalue weighted by atomic mass is 16.4. The Morgan fingerprint density at radius 2 is 2.35 bits per heavy atom. The van der Waals surface area contributed by atoms with E-state index in [1.54, 1.807) is 12.3 Å². The minimum Gasteiger partial charge on any atom is -0.477 e. The molecule has 0 unspecified atom stereocenters. The summed E-state index contributed by atoms with van der Waals surface area (Å²) in [6.45, 7) is 2.02. The van der Waals surface area contributed by atoms with Gasteiger partial charge in [0.1, 0.15) is 0 Å². The van der Waals surface area contributed by atoms with Crippen LogP contribution in [0.25, 0.3) is 5.65 Å². The fourth-order valence-corrected chi connectivity index (χ4v) is 2.02. The van der Waals surface area contributed by atoms with Crippen molar-refractivity contribution in [1.82, 2.24) is 14.6 Å².